The van der Waals surface area contributed by atoms with Crippen LogP contribution in [0.1, 0.15) is 12.5 Å². The normalized spacial score (nSPS) is 14.2. The van der Waals surface area contributed by atoms with Gasteiger partial charge in [0.25, 0.3) is 5.69 Å². The summed E-state index contributed by atoms with van der Waals surface area (Å²) < 4.78 is 0. The second-order valence-electron chi connectivity index (χ2n) is 5.66. The third-order valence-electron chi connectivity index (χ3n) is 4.19. The molecule has 24 heavy (non-hydrogen) atoms. The zero-order chi connectivity index (χ0) is 17.3. The summed E-state index contributed by atoms with van der Waals surface area (Å²) in [7, 11) is 0. The molecule has 1 heterocycles. The van der Waals surface area contributed by atoms with Crippen LogP contribution in [0.25, 0.3) is 0 Å². The lowest BCUT2D eigenvalue weighted by atomic mass is 10.1. The van der Waals surface area contributed by atoms with Crippen LogP contribution in [0, 0.1) is 10.1 Å². The van der Waals surface area contributed by atoms with Crippen molar-refractivity contribution in [1.29, 1.82) is 0 Å². The van der Waals surface area contributed by atoms with Gasteiger partial charge >= 0.3 is 0 Å². The molecule has 0 aliphatic carbocycles. The molecule has 1 unspecified atom stereocenters. The summed E-state index contributed by atoms with van der Waals surface area (Å²) in [5, 5.41) is 13.8. The van der Waals surface area contributed by atoms with E-state index in [0.29, 0.717) is 0 Å². The molecule has 7 heteroatoms. The fourth-order valence-electron chi connectivity index (χ4n) is 2.87. The Labute approximate surface area is 144 Å². The minimum absolute atomic E-state index is 0.117. The maximum absolute atomic E-state index is 12.6. The molecule has 1 atom stereocenters. The van der Waals surface area contributed by atoms with E-state index in [1.165, 1.54) is 23.8 Å². The number of rotatable bonds is 4. The van der Waals surface area contributed by atoms with Crippen LogP contribution in [-0.4, -0.2) is 23.4 Å². The predicted molar refractivity (Wildman–Crippen MR) is 93.7 cm³/mol. The molecular weight excluding hydrogens is 330 g/mol. The Balaban J connectivity index is 1.78. The van der Waals surface area contributed by atoms with E-state index < -0.39 is 11.0 Å². The predicted octanol–water partition coefficient (Wildman–Crippen LogP) is 3.64. The van der Waals surface area contributed by atoms with Gasteiger partial charge in [0.1, 0.15) is 6.04 Å². The highest BCUT2D eigenvalue weighted by Gasteiger charge is 2.28. The van der Waals surface area contributed by atoms with Gasteiger partial charge in [-0.15, -0.1) is 0 Å². The first-order valence-electron chi connectivity index (χ1n) is 7.56. The second kappa shape index (κ2) is 6.49. The van der Waals surface area contributed by atoms with Gasteiger partial charge < -0.3 is 10.2 Å². The largest absolute Gasteiger partial charge is 0.359 e. The molecule has 3 rings (SSSR count). The minimum Gasteiger partial charge on any atom is -0.359 e. The Kier molecular flexibility index (Phi) is 4.40. The van der Waals surface area contributed by atoms with E-state index in [-0.39, 0.29) is 22.3 Å². The quantitative estimate of drug-likeness (QED) is 0.678. The first-order chi connectivity index (χ1) is 11.5. The number of hydrogen-bond acceptors (Lipinski definition) is 4. The summed E-state index contributed by atoms with van der Waals surface area (Å²) in [5.74, 6) is -0.255. The molecule has 0 saturated carbocycles. The summed E-state index contributed by atoms with van der Waals surface area (Å²) >= 11 is 6.04. The lowest BCUT2D eigenvalue weighted by Crippen LogP contribution is -2.41. The fraction of sp³-hybridized carbons (Fsp3) is 0.235. The van der Waals surface area contributed by atoms with Crippen molar-refractivity contribution in [3.8, 4) is 0 Å². The smallest absolute Gasteiger partial charge is 0.271 e. The lowest BCUT2D eigenvalue weighted by Gasteiger charge is -2.26. The molecule has 124 valence electrons. The molecule has 0 saturated heterocycles. The number of halogens is 1. The van der Waals surface area contributed by atoms with Crippen molar-refractivity contribution in [1.82, 2.24) is 0 Å². The van der Waals surface area contributed by atoms with Crippen molar-refractivity contribution < 1.29 is 9.72 Å². The van der Waals surface area contributed by atoms with E-state index in [0.717, 1.165) is 18.7 Å². The van der Waals surface area contributed by atoms with Crippen LogP contribution in [-0.2, 0) is 11.2 Å². The van der Waals surface area contributed by atoms with E-state index in [1.807, 2.05) is 30.0 Å². The van der Waals surface area contributed by atoms with Gasteiger partial charge in [-0.3, -0.25) is 14.9 Å². The number of carbonyl (C=O) groups excluding carboxylic acids is 1. The van der Waals surface area contributed by atoms with E-state index in [2.05, 4.69) is 11.4 Å². The third-order valence-corrected chi connectivity index (χ3v) is 4.52. The number of anilines is 2. The van der Waals surface area contributed by atoms with Crippen molar-refractivity contribution in [2.45, 2.75) is 19.4 Å². The third kappa shape index (κ3) is 3.05. The fourth-order valence-corrected chi connectivity index (χ4v) is 3.03. The maximum atomic E-state index is 12.6. The van der Waals surface area contributed by atoms with Crippen molar-refractivity contribution in [3.05, 3.63) is 63.2 Å². The molecule has 1 amide bonds. The Morgan fingerprint density at radius 2 is 2.08 bits per heavy atom. The van der Waals surface area contributed by atoms with Gasteiger partial charge in [0.15, 0.2) is 0 Å². The van der Waals surface area contributed by atoms with Gasteiger partial charge in [-0.05, 0) is 31.0 Å². The van der Waals surface area contributed by atoms with Gasteiger partial charge in [0.2, 0.25) is 5.91 Å². The summed E-state index contributed by atoms with van der Waals surface area (Å²) in [6, 6.07) is 11.5. The Bertz CT molecular complexity index is 809. The standard InChI is InChI=1S/C17H16ClN3O3/c1-11(20-9-8-12-4-2-3-5-16(12)20)17(22)19-15-10-13(21(23)24)6-7-14(15)18/h2-7,10-11H,8-9H2,1H3,(H,19,22). The number of nitrogens with zero attached hydrogens (tertiary/aromatic N) is 2. The SMILES string of the molecule is CC(C(=O)Nc1cc([N+](=O)[O-])ccc1Cl)N1CCc2ccccc21. The minimum atomic E-state index is -0.522. The van der Waals surface area contributed by atoms with Crippen LogP contribution in [0.5, 0.6) is 0 Å². The van der Waals surface area contributed by atoms with E-state index in [4.69, 9.17) is 11.6 Å². The molecule has 0 aromatic heterocycles. The summed E-state index contributed by atoms with van der Waals surface area (Å²) in [4.78, 5) is 24.9. The topological polar surface area (TPSA) is 75.5 Å². The Morgan fingerprint density at radius 3 is 2.83 bits per heavy atom. The molecule has 2 aromatic rings. The van der Waals surface area contributed by atoms with Gasteiger partial charge in [-0.25, -0.2) is 0 Å². The lowest BCUT2D eigenvalue weighted by molar-refractivity contribution is -0.384. The Morgan fingerprint density at radius 1 is 1.33 bits per heavy atom. The number of non-ortho nitro benzene ring substituents is 1. The van der Waals surface area contributed by atoms with Gasteiger partial charge in [0.05, 0.1) is 15.6 Å². The van der Waals surface area contributed by atoms with Crippen molar-refractivity contribution in [2.24, 2.45) is 0 Å². The number of para-hydroxylation sites is 1. The molecule has 1 N–H and O–H groups in total. The highest BCUT2D eigenvalue weighted by molar-refractivity contribution is 6.33. The summed E-state index contributed by atoms with van der Waals surface area (Å²) in [6.07, 6.45) is 0.894. The average Bonchev–Trinajstić information content (AvgIpc) is 2.99. The highest BCUT2D eigenvalue weighted by Crippen LogP contribution is 2.31. The number of nitro benzene ring substituents is 1. The van der Waals surface area contributed by atoms with Gasteiger partial charge in [-0.2, -0.15) is 0 Å². The number of amides is 1. The molecule has 1 aliphatic heterocycles. The Hall–Kier alpha value is -2.60. The molecule has 1 aliphatic rings. The first kappa shape index (κ1) is 16.3. The summed E-state index contributed by atoms with van der Waals surface area (Å²) in [6.45, 7) is 2.57. The maximum Gasteiger partial charge on any atom is 0.271 e. The van der Waals surface area contributed by atoms with E-state index in [9.17, 15) is 14.9 Å². The molecule has 0 spiro atoms. The average molecular weight is 346 g/mol. The number of fused-ring (bicyclic) bond motifs is 1. The van der Waals surface area contributed by atoms with Crippen LogP contribution in [0.15, 0.2) is 42.5 Å². The number of nitro groups is 1. The van der Waals surface area contributed by atoms with E-state index in [1.54, 1.807) is 0 Å². The van der Waals surface area contributed by atoms with Gasteiger partial charge in [-0.1, -0.05) is 29.8 Å². The van der Waals surface area contributed by atoms with Crippen LogP contribution >= 0.6 is 11.6 Å². The van der Waals surface area contributed by atoms with Crippen LogP contribution < -0.4 is 10.2 Å². The van der Waals surface area contributed by atoms with Crippen LogP contribution in [0.3, 0.4) is 0 Å². The number of hydrogen-bond donors (Lipinski definition) is 1. The molecule has 6 nitrogen and oxygen atoms in total. The highest BCUT2D eigenvalue weighted by atomic mass is 35.5. The monoisotopic (exact) mass is 345 g/mol. The van der Waals surface area contributed by atoms with Crippen molar-refractivity contribution in [2.75, 3.05) is 16.8 Å². The number of carbonyl (C=O) groups is 1. The summed E-state index contributed by atoms with van der Waals surface area (Å²) in [5.41, 5.74) is 2.39. The molecule has 0 radical (unpaired) electrons. The number of nitrogens with one attached hydrogen (secondary N) is 1. The molecule has 2 aromatic carbocycles. The molecular formula is C17H16ClN3O3. The number of benzene rings is 2. The van der Waals surface area contributed by atoms with E-state index >= 15 is 0 Å². The molecule has 0 bridgehead atoms. The van der Waals surface area contributed by atoms with Crippen LogP contribution in [0.4, 0.5) is 17.1 Å². The van der Waals surface area contributed by atoms with Crippen molar-refractivity contribution >= 4 is 34.6 Å². The first-order valence-corrected chi connectivity index (χ1v) is 7.94. The molecule has 0 fully saturated rings. The van der Waals surface area contributed by atoms with Crippen LogP contribution in [0.2, 0.25) is 5.02 Å². The van der Waals surface area contributed by atoms with Gasteiger partial charge in [0, 0.05) is 24.4 Å². The second-order valence-corrected chi connectivity index (χ2v) is 6.07. The zero-order valence-electron chi connectivity index (χ0n) is 13.0. The zero-order valence-corrected chi connectivity index (χ0v) is 13.8. The van der Waals surface area contributed by atoms with Crippen molar-refractivity contribution in [3.63, 3.8) is 0 Å².